The summed E-state index contributed by atoms with van der Waals surface area (Å²) in [4.78, 5) is 8.01. The lowest BCUT2D eigenvalue weighted by atomic mass is 10.1. The number of rotatable bonds is 5. The molecule has 0 aromatic carbocycles. The van der Waals surface area contributed by atoms with Gasteiger partial charge in [0.1, 0.15) is 12.3 Å². The number of fused-ring (bicyclic) bond motifs is 1. The van der Waals surface area contributed by atoms with E-state index in [1.807, 2.05) is 7.05 Å². The number of hydrogen-bond donors (Lipinski definition) is 0. The second-order valence-electron chi connectivity index (χ2n) is 5.70. The lowest BCUT2D eigenvalue weighted by Crippen LogP contribution is -2.43. The molecule has 2 aromatic rings. The molecule has 0 amide bonds. The molecule has 0 saturated carbocycles. The van der Waals surface area contributed by atoms with E-state index in [-0.39, 0.29) is 6.61 Å². The van der Waals surface area contributed by atoms with Crippen LogP contribution in [-0.2, 0) is 36.8 Å². The zero-order chi connectivity index (χ0) is 17.3. The molecule has 3 heterocycles. The van der Waals surface area contributed by atoms with Gasteiger partial charge in [-0.1, -0.05) is 0 Å². The van der Waals surface area contributed by atoms with Gasteiger partial charge in [0.2, 0.25) is 5.88 Å². The van der Waals surface area contributed by atoms with E-state index in [2.05, 4.69) is 15.1 Å². The SMILES string of the molecule is CN(C)S(=O)(=O)N1CCc2c(c(COc3cnccn3)nn2C)C1. The van der Waals surface area contributed by atoms with Gasteiger partial charge in [-0.25, -0.2) is 4.98 Å². The van der Waals surface area contributed by atoms with Gasteiger partial charge >= 0.3 is 0 Å². The first-order chi connectivity index (χ1) is 11.4. The third-order valence-corrected chi connectivity index (χ3v) is 5.86. The van der Waals surface area contributed by atoms with Gasteiger partial charge in [0.15, 0.2) is 0 Å². The van der Waals surface area contributed by atoms with Crippen LogP contribution in [0.15, 0.2) is 18.6 Å². The summed E-state index contributed by atoms with van der Waals surface area (Å²) in [6.07, 6.45) is 5.27. The summed E-state index contributed by atoms with van der Waals surface area (Å²) >= 11 is 0. The van der Waals surface area contributed by atoms with Crippen molar-refractivity contribution in [3.05, 3.63) is 35.5 Å². The Morgan fingerprint density at radius 1 is 1.33 bits per heavy atom. The predicted molar refractivity (Wildman–Crippen MR) is 86.3 cm³/mol. The lowest BCUT2D eigenvalue weighted by Gasteiger charge is -2.29. The Morgan fingerprint density at radius 2 is 2.12 bits per heavy atom. The maximum absolute atomic E-state index is 12.4. The van der Waals surface area contributed by atoms with E-state index in [4.69, 9.17) is 4.74 Å². The van der Waals surface area contributed by atoms with Gasteiger partial charge in [0.25, 0.3) is 10.2 Å². The van der Waals surface area contributed by atoms with Gasteiger partial charge in [0.05, 0.1) is 6.20 Å². The molecule has 0 unspecified atom stereocenters. The normalized spacial score (nSPS) is 15.5. The Morgan fingerprint density at radius 3 is 2.79 bits per heavy atom. The van der Waals surface area contributed by atoms with Crippen molar-refractivity contribution in [2.45, 2.75) is 19.6 Å². The molecule has 1 aliphatic rings. The quantitative estimate of drug-likeness (QED) is 0.749. The fraction of sp³-hybridized carbons (Fsp3) is 0.500. The molecule has 1 aliphatic heterocycles. The summed E-state index contributed by atoms with van der Waals surface area (Å²) in [7, 11) is 1.48. The second kappa shape index (κ2) is 6.46. The second-order valence-corrected chi connectivity index (χ2v) is 7.84. The molecule has 0 N–H and O–H groups in total. The Bertz CT molecular complexity index is 819. The van der Waals surface area contributed by atoms with E-state index in [1.165, 1.54) is 28.9 Å². The Labute approximate surface area is 141 Å². The molecule has 10 heteroatoms. The third kappa shape index (κ3) is 3.12. The summed E-state index contributed by atoms with van der Waals surface area (Å²) in [5.41, 5.74) is 2.66. The van der Waals surface area contributed by atoms with Gasteiger partial charge in [-0.3, -0.25) is 9.67 Å². The lowest BCUT2D eigenvalue weighted by molar-refractivity contribution is 0.283. The minimum atomic E-state index is -3.45. The van der Waals surface area contributed by atoms with Crippen molar-refractivity contribution in [3.8, 4) is 5.88 Å². The molecule has 0 aliphatic carbocycles. The first-order valence-electron chi connectivity index (χ1n) is 7.49. The molecule has 3 rings (SSSR count). The fourth-order valence-corrected chi connectivity index (χ4v) is 3.77. The molecule has 2 aromatic heterocycles. The standard InChI is InChI=1S/C14H20N6O3S/c1-18(2)24(21,22)20-7-4-13-11(9-20)12(17-19(13)3)10-23-14-8-15-5-6-16-14/h5-6,8H,4,7,9-10H2,1-3H3. The van der Waals surface area contributed by atoms with Crippen molar-refractivity contribution >= 4 is 10.2 Å². The molecule has 0 atom stereocenters. The topological polar surface area (TPSA) is 93.5 Å². The highest BCUT2D eigenvalue weighted by Gasteiger charge is 2.32. The van der Waals surface area contributed by atoms with E-state index >= 15 is 0 Å². The summed E-state index contributed by atoms with van der Waals surface area (Å²) in [6, 6.07) is 0. The predicted octanol–water partition coefficient (Wildman–Crippen LogP) is -0.0464. The minimum absolute atomic E-state index is 0.220. The van der Waals surface area contributed by atoms with Crippen molar-refractivity contribution in [1.29, 1.82) is 0 Å². The van der Waals surface area contributed by atoms with Crippen molar-refractivity contribution in [1.82, 2.24) is 28.4 Å². The number of nitrogens with zero attached hydrogens (tertiary/aromatic N) is 6. The van der Waals surface area contributed by atoms with Crippen LogP contribution in [0.4, 0.5) is 0 Å². The highest BCUT2D eigenvalue weighted by molar-refractivity contribution is 7.86. The van der Waals surface area contributed by atoms with Crippen LogP contribution >= 0.6 is 0 Å². The Balaban J connectivity index is 1.82. The maximum Gasteiger partial charge on any atom is 0.281 e. The van der Waals surface area contributed by atoms with Crippen molar-refractivity contribution < 1.29 is 13.2 Å². The van der Waals surface area contributed by atoms with Crippen LogP contribution in [0.5, 0.6) is 5.88 Å². The van der Waals surface area contributed by atoms with E-state index in [1.54, 1.807) is 17.1 Å². The number of aromatic nitrogens is 4. The first-order valence-corrected chi connectivity index (χ1v) is 8.89. The van der Waals surface area contributed by atoms with Gasteiger partial charge in [-0.15, -0.1) is 0 Å². The summed E-state index contributed by atoms with van der Waals surface area (Å²) in [6.45, 7) is 0.956. The number of aryl methyl sites for hydroxylation is 1. The van der Waals surface area contributed by atoms with Crippen LogP contribution in [0, 0.1) is 0 Å². The molecule has 0 fully saturated rings. The van der Waals surface area contributed by atoms with Crippen LogP contribution < -0.4 is 4.74 Å². The molecule has 9 nitrogen and oxygen atoms in total. The van der Waals surface area contributed by atoms with Crippen molar-refractivity contribution in [2.24, 2.45) is 7.05 Å². The maximum atomic E-state index is 12.4. The highest BCUT2D eigenvalue weighted by Crippen LogP contribution is 2.25. The molecule has 0 saturated heterocycles. The van der Waals surface area contributed by atoms with Gasteiger partial charge < -0.3 is 4.74 Å². The van der Waals surface area contributed by atoms with Crippen LogP contribution in [0.2, 0.25) is 0 Å². The zero-order valence-corrected chi connectivity index (χ0v) is 14.7. The smallest absolute Gasteiger partial charge is 0.281 e. The molecule has 0 bridgehead atoms. The zero-order valence-electron chi connectivity index (χ0n) is 13.9. The fourth-order valence-electron chi connectivity index (χ4n) is 2.69. The minimum Gasteiger partial charge on any atom is -0.470 e. The summed E-state index contributed by atoms with van der Waals surface area (Å²) < 4.78 is 34.8. The van der Waals surface area contributed by atoms with Crippen LogP contribution in [0.3, 0.4) is 0 Å². The Hall–Kier alpha value is -2.04. The highest BCUT2D eigenvalue weighted by atomic mass is 32.2. The first kappa shape index (κ1) is 16.8. The average Bonchev–Trinajstić information content (AvgIpc) is 2.89. The van der Waals surface area contributed by atoms with Crippen LogP contribution in [0.1, 0.15) is 17.0 Å². The molecule has 0 spiro atoms. The number of hydrogen-bond acceptors (Lipinski definition) is 6. The van der Waals surface area contributed by atoms with Gasteiger partial charge in [-0.05, 0) is 0 Å². The average molecular weight is 352 g/mol. The number of ether oxygens (including phenoxy) is 1. The summed E-state index contributed by atoms with van der Waals surface area (Å²) in [5, 5.41) is 4.48. The third-order valence-electron chi connectivity index (χ3n) is 3.97. The van der Waals surface area contributed by atoms with E-state index in [9.17, 15) is 8.42 Å². The largest absolute Gasteiger partial charge is 0.470 e. The van der Waals surface area contributed by atoms with E-state index in [0.29, 0.717) is 25.4 Å². The van der Waals surface area contributed by atoms with Gasteiger partial charge in [-0.2, -0.15) is 22.1 Å². The molecular formula is C14H20N6O3S. The molecular weight excluding hydrogens is 332 g/mol. The Kier molecular flexibility index (Phi) is 4.52. The molecule has 24 heavy (non-hydrogen) atoms. The van der Waals surface area contributed by atoms with Crippen molar-refractivity contribution in [3.63, 3.8) is 0 Å². The van der Waals surface area contributed by atoms with Crippen LogP contribution in [-0.4, -0.2) is 57.4 Å². The van der Waals surface area contributed by atoms with Crippen molar-refractivity contribution in [2.75, 3.05) is 20.6 Å². The van der Waals surface area contributed by atoms with Gasteiger partial charge in [0, 0.05) is 64.3 Å². The van der Waals surface area contributed by atoms with E-state index < -0.39 is 10.2 Å². The summed E-state index contributed by atoms with van der Waals surface area (Å²) in [5.74, 6) is 0.408. The van der Waals surface area contributed by atoms with E-state index in [0.717, 1.165) is 17.0 Å². The monoisotopic (exact) mass is 352 g/mol. The van der Waals surface area contributed by atoms with Crippen LogP contribution in [0.25, 0.3) is 0 Å². The molecule has 0 radical (unpaired) electrons. The molecule has 130 valence electrons.